The van der Waals surface area contributed by atoms with E-state index in [-0.39, 0.29) is 23.2 Å². The maximum atomic E-state index is 12.6. The molecule has 7 heteroatoms. The van der Waals surface area contributed by atoms with Gasteiger partial charge in [-0.3, -0.25) is 14.8 Å². The van der Waals surface area contributed by atoms with E-state index in [0.29, 0.717) is 16.9 Å². The van der Waals surface area contributed by atoms with Crippen molar-refractivity contribution in [2.24, 2.45) is 4.99 Å². The maximum absolute atomic E-state index is 12.6. The molecule has 0 aliphatic heterocycles. The van der Waals surface area contributed by atoms with Gasteiger partial charge in [0.2, 0.25) is 0 Å². The summed E-state index contributed by atoms with van der Waals surface area (Å²) in [6, 6.07) is 5.01. The molecule has 0 aliphatic carbocycles. The third-order valence-corrected chi connectivity index (χ3v) is 3.36. The first-order chi connectivity index (χ1) is 10.9. The highest BCUT2D eigenvalue weighted by molar-refractivity contribution is 6.30. The summed E-state index contributed by atoms with van der Waals surface area (Å²) in [5, 5.41) is 9.63. The molecule has 2 rings (SSSR count). The number of nitrogens with zero attached hydrogens (tertiary/aromatic N) is 4. The lowest BCUT2D eigenvalue weighted by atomic mass is 10.1. The Labute approximate surface area is 139 Å². The monoisotopic (exact) mass is 332 g/mol. The van der Waals surface area contributed by atoms with Gasteiger partial charge in [-0.15, -0.1) is 0 Å². The minimum Gasteiger partial charge on any atom is -0.392 e. The number of halogens is 1. The van der Waals surface area contributed by atoms with Crippen LogP contribution in [0.3, 0.4) is 0 Å². The summed E-state index contributed by atoms with van der Waals surface area (Å²) >= 11 is 6.07. The topological polar surface area (TPSA) is 78.7 Å². The number of aliphatic imine (C=N–C) groups is 1. The van der Waals surface area contributed by atoms with Crippen molar-refractivity contribution in [1.29, 1.82) is 0 Å². The van der Waals surface area contributed by atoms with Crippen molar-refractivity contribution in [1.82, 2.24) is 14.9 Å². The number of aromatic nitrogens is 2. The van der Waals surface area contributed by atoms with E-state index in [1.165, 1.54) is 11.0 Å². The second-order valence-electron chi connectivity index (χ2n) is 5.12. The second-order valence-corrected chi connectivity index (χ2v) is 5.51. The Hall–Kier alpha value is -2.31. The number of likely N-dealkylation sites (N-methyl/N-ethyl adjacent to an activating group) is 1. The molecule has 120 valence electrons. The van der Waals surface area contributed by atoms with Gasteiger partial charge in [-0.2, -0.15) is 0 Å². The first kappa shape index (κ1) is 17.1. The van der Waals surface area contributed by atoms with Gasteiger partial charge in [0.25, 0.3) is 5.91 Å². The molecule has 0 aliphatic rings. The predicted molar refractivity (Wildman–Crippen MR) is 90.3 cm³/mol. The second kappa shape index (κ2) is 7.30. The normalized spacial score (nSPS) is 11.8. The van der Waals surface area contributed by atoms with E-state index in [1.807, 2.05) is 0 Å². The van der Waals surface area contributed by atoms with E-state index in [4.69, 9.17) is 11.6 Å². The smallest absolute Gasteiger partial charge is 0.256 e. The third kappa shape index (κ3) is 3.91. The van der Waals surface area contributed by atoms with Gasteiger partial charge in [0.1, 0.15) is 10.8 Å². The number of hydrogen-bond donors (Lipinski definition) is 1. The molecule has 0 unspecified atom stereocenters. The highest BCUT2D eigenvalue weighted by Gasteiger charge is 2.21. The molecule has 2 aromatic heterocycles. The fourth-order valence-corrected chi connectivity index (χ4v) is 2.41. The Morgan fingerprint density at radius 1 is 1.57 bits per heavy atom. The van der Waals surface area contributed by atoms with Crippen LogP contribution >= 0.6 is 11.6 Å². The zero-order valence-corrected chi connectivity index (χ0v) is 13.7. The van der Waals surface area contributed by atoms with Gasteiger partial charge in [0.05, 0.1) is 17.4 Å². The average Bonchev–Trinajstić information content (AvgIpc) is 2.53. The van der Waals surface area contributed by atoms with Crippen molar-refractivity contribution < 1.29 is 9.90 Å². The Morgan fingerprint density at radius 2 is 2.30 bits per heavy atom. The Kier molecular flexibility index (Phi) is 5.41. The molecule has 0 saturated heterocycles. The van der Waals surface area contributed by atoms with Gasteiger partial charge in [-0.1, -0.05) is 11.6 Å². The number of amides is 1. The summed E-state index contributed by atoms with van der Waals surface area (Å²) in [6.07, 6.45) is 2.61. The maximum Gasteiger partial charge on any atom is 0.256 e. The summed E-state index contributed by atoms with van der Waals surface area (Å²) in [5.74, 6) is -0.317. The lowest BCUT2D eigenvalue weighted by Gasteiger charge is -2.20. The number of rotatable bonds is 5. The van der Waals surface area contributed by atoms with Crippen molar-refractivity contribution in [2.75, 3.05) is 13.6 Å². The lowest BCUT2D eigenvalue weighted by molar-refractivity contribution is 0.0704. The molecule has 1 atom stereocenters. The van der Waals surface area contributed by atoms with Gasteiger partial charge in [0.15, 0.2) is 0 Å². The molecule has 23 heavy (non-hydrogen) atoms. The number of carbonyl (C=O) groups is 1. The third-order valence-electron chi connectivity index (χ3n) is 3.17. The van der Waals surface area contributed by atoms with Gasteiger partial charge in [-0.05, 0) is 31.8 Å². The molecular weight excluding hydrogens is 316 g/mol. The SMILES string of the molecule is C=Nc1c(C(=O)N(C)C[C@H](C)O)cc(Cl)nc1-c1cccnc1. The molecule has 2 heterocycles. The molecule has 2 aromatic rings. The first-order valence-corrected chi connectivity index (χ1v) is 7.33. The van der Waals surface area contributed by atoms with E-state index < -0.39 is 6.10 Å². The minimum atomic E-state index is -0.640. The first-order valence-electron chi connectivity index (χ1n) is 6.95. The van der Waals surface area contributed by atoms with Crippen LogP contribution in [0.5, 0.6) is 0 Å². The standard InChI is InChI=1S/C16H17ClN4O2/c1-10(22)9-21(3)16(23)12-7-13(17)20-14(15(12)18-2)11-5-4-6-19-8-11/h4-8,10,22H,2,9H2,1,3H3/t10-/m0/s1. The zero-order chi connectivity index (χ0) is 17.0. The van der Waals surface area contributed by atoms with Crippen molar-refractivity contribution in [3.05, 3.63) is 41.3 Å². The van der Waals surface area contributed by atoms with Crippen LogP contribution in [-0.2, 0) is 0 Å². The Balaban J connectivity index is 2.55. The predicted octanol–water partition coefficient (Wildman–Crippen LogP) is 2.58. The van der Waals surface area contributed by atoms with Crippen molar-refractivity contribution >= 4 is 29.9 Å². The molecule has 0 radical (unpaired) electrons. The number of aliphatic hydroxyl groups is 1. The molecule has 0 spiro atoms. The molecule has 0 bridgehead atoms. The van der Waals surface area contributed by atoms with E-state index in [0.717, 1.165) is 0 Å². The summed E-state index contributed by atoms with van der Waals surface area (Å²) in [6.45, 7) is 5.34. The molecule has 0 fully saturated rings. The van der Waals surface area contributed by atoms with Gasteiger partial charge >= 0.3 is 0 Å². The Bertz CT molecular complexity index is 720. The molecule has 0 aromatic carbocycles. The Morgan fingerprint density at radius 3 is 2.87 bits per heavy atom. The number of aliphatic hydroxyl groups excluding tert-OH is 1. The van der Waals surface area contributed by atoms with E-state index in [1.54, 1.807) is 38.5 Å². The average molecular weight is 333 g/mol. The van der Waals surface area contributed by atoms with Crippen LogP contribution in [0.25, 0.3) is 11.3 Å². The highest BCUT2D eigenvalue weighted by atomic mass is 35.5. The van der Waals surface area contributed by atoms with Crippen LogP contribution in [0.4, 0.5) is 5.69 Å². The van der Waals surface area contributed by atoms with Gasteiger partial charge in [-0.25, -0.2) is 4.98 Å². The fraction of sp³-hybridized carbons (Fsp3) is 0.250. The fourth-order valence-electron chi connectivity index (χ4n) is 2.22. The molecular formula is C16H17ClN4O2. The van der Waals surface area contributed by atoms with Crippen LogP contribution in [0.15, 0.2) is 35.6 Å². The quantitative estimate of drug-likeness (QED) is 0.674. The zero-order valence-electron chi connectivity index (χ0n) is 12.9. The number of hydrogen-bond acceptors (Lipinski definition) is 5. The number of pyridine rings is 2. The van der Waals surface area contributed by atoms with Crippen LogP contribution in [-0.4, -0.2) is 52.3 Å². The van der Waals surface area contributed by atoms with Crippen molar-refractivity contribution in [2.45, 2.75) is 13.0 Å². The molecule has 1 N–H and O–H groups in total. The van der Waals surface area contributed by atoms with Crippen molar-refractivity contribution in [3.8, 4) is 11.3 Å². The summed E-state index contributed by atoms with van der Waals surface area (Å²) in [4.78, 5) is 26.3. The van der Waals surface area contributed by atoms with Crippen LogP contribution in [0.1, 0.15) is 17.3 Å². The summed E-state index contributed by atoms with van der Waals surface area (Å²) in [7, 11) is 1.60. The summed E-state index contributed by atoms with van der Waals surface area (Å²) in [5.41, 5.74) is 1.74. The van der Waals surface area contributed by atoms with Crippen LogP contribution in [0.2, 0.25) is 5.15 Å². The van der Waals surface area contributed by atoms with Gasteiger partial charge < -0.3 is 10.0 Å². The van der Waals surface area contributed by atoms with E-state index >= 15 is 0 Å². The van der Waals surface area contributed by atoms with Crippen LogP contribution < -0.4 is 0 Å². The molecule has 6 nitrogen and oxygen atoms in total. The molecule has 0 saturated carbocycles. The highest BCUT2D eigenvalue weighted by Crippen LogP contribution is 2.33. The lowest BCUT2D eigenvalue weighted by Crippen LogP contribution is -2.33. The minimum absolute atomic E-state index is 0.171. The van der Waals surface area contributed by atoms with Crippen molar-refractivity contribution in [3.63, 3.8) is 0 Å². The summed E-state index contributed by atoms with van der Waals surface area (Å²) < 4.78 is 0. The van der Waals surface area contributed by atoms with E-state index in [9.17, 15) is 9.90 Å². The number of carbonyl (C=O) groups excluding carboxylic acids is 1. The largest absolute Gasteiger partial charge is 0.392 e. The molecule has 1 amide bonds. The van der Waals surface area contributed by atoms with Gasteiger partial charge in [0, 0.05) is 31.5 Å². The van der Waals surface area contributed by atoms with E-state index in [2.05, 4.69) is 21.7 Å². The van der Waals surface area contributed by atoms with Crippen LogP contribution in [0, 0.1) is 0 Å².